The van der Waals surface area contributed by atoms with E-state index in [9.17, 15) is 13.2 Å². The molecule has 7 nitrogen and oxygen atoms in total. The third-order valence-electron chi connectivity index (χ3n) is 3.31. The Labute approximate surface area is 175 Å². The van der Waals surface area contributed by atoms with E-state index in [4.69, 9.17) is 27.9 Å². The zero-order chi connectivity index (χ0) is 20.1. The fraction of sp³-hybridized carbons (Fsp3) is 0.0588. The van der Waals surface area contributed by atoms with Crippen LogP contribution < -0.4 is 14.8 Å². The molecule has 0 atom stereocenters. The summed E-state index contributed by atoms with van der Waals surface area (Å²) >= 11 is 12.9. The van der Waals surface area contributed by atoms with Crippen molar-refractivity contribution in [2.45, 2.75) is 4.90 Å². The Morgan fingerprint density at radius 1 is 1.11 bits per heavy atom. The van der Waals surface area contributed by atoms with Gasteiger partial charge in [-0.3, -0.25) is 9.52 Å². The lowest BCUT2D eigenvalue weighted by Gasteiger charge is -2.09. The molecule has 0 spiro atoms. The molecule has 0 radical (unpaired) electrons. The van der Waals surface area contributed by atoms with E-state index in [0.29, 0.717) is 21.5 Å². The number of anilines is 2. The summed E-state index contributed by atoms with van der Waals surface area (Å²) in [6.45, 7) is -0.262. The minimum atomic E-state index is -3.75. The summed E-state index contributed by atoms with van der Waals surface area (Å²) in [5.41, 5.74) is 0.422. The Balaban J connectivity index is 1.58. The number of amides is 1. The van der Waals surface area contributed by atoms with Gasteiger partial charge in [0.1, 0.15) is 5.75 Å². The highest BCUT2D eigenvalue weighted by atomic mass is 35.5. The number of nitrogens with one attached hydrogen (secondary N) is 2. The smallest absolute Gasteiger partial charge is 0.263 e. The molecule has 2 aromatic carbocycles. The van der Waals surface area contributed by atoms with Crippen LogP contribution in [0.1, 0.15) is 0 Å². The molecule has 3 rings (SSSR count). The molecule has 0 fully saturated rings. The predicted octanol–water partition coefficient (Wildman–Crippen LogP) is 4.27. The van der Waals surface area contributed by atoms with Crippen LogP contribution in [0.25, 0.3) is 0 Å². The highest BCUT2D eigenvalue weighted by Gasteiger charge is 2.15. The Kier molecular flexibility index (Phi) is 6.40. The van der Waals surface area contributed by atoms with Crippen molar-refractivity contribution in [1.29, 1.82) is 0 Å². The SMILES string of the molecule is O=C(COc1cc(Cl)cc(Cl)c1)Nc1ccc(S(=O)(=O)Nc2nccs2)cc1. The number of sulfonamides is 1. The lowest BCUT2D eigenvalue weighted by atomic mass is 10.3. The van der Waals surface area contributed by atoms with Gasteiger partial charge in [0.15, 0.2) is 11.7 Å². The third-order valence-corrected chi connectivity index (χ3v) is 5.92. The summed E-state index contributed by atoms with van der Waals surface area (Å²) in [6, 6.07) is 10.3. The molecule has 1 aromatic heterocycles. The number of carbonyl (C=O) groups is 1. The van der Waals surface area contributed by atoms with Crippen molar-refractivity contribution >= 4 is 61.3 Å². The number of carbonyl (C=O) groups excluding carboxylic acids is 1. The zero-order valence-corrected chi connectivity index (χ0v) is 17.2. The second-order valence-corrected chi connectivity index (χ2v) is 8.86. The van der Waals surface area contributed by atoms with Crippen LogP contribution >= 0.6 is 34.5 Å². The normalized spacial score (nSPS) is 11.1. The predicted molar refractivity (Wildman–Crippen MR) is 110 cm³/mol. The van der Waals surface area contributed by atoms with Gasteiger partial charge < -0.3 is 10.1 Å². The quantitative estimate of drug-likeness (QED) is 0.551. The third kappa shape index (κ3) is 5.59. The van der Waals surface area contributed by atoms with Crippen molar-refractivity contribution in [3.05, 3.63) is 64.1 Å². The van der Waals surface area contributed by atoms with Crippen molar-refractivity contribution in [3.8, 4) is 5.75 Å². The fourth-order valence-corrected chi connectivity index (χ4v) is 4.42. The second kappa shape index (κ2) is 8.78. The van der Waals surface area contributed by atoms with Crippen molar-refractivity contribution in [2.24, 2.45) is 0 Å². The molecule has 1 amide bonds. The van der Waals surface area contributed by atoms with Crippen molar-refractivity contribution in [3.63, 3.8) is 0 Å². The lowest BCUT2D eigenvalue weighted by molar-refractivity contribution is -0.118. The molecular formula is C17H13Cl2N3O4S2. The van der Waals surface area contributed by atoms with Gasteiger partial charge in [0.25, 0.3) is 15.9 Å². The minimum Gasteiger partial charge on any atom is -0.484 e. The van der Waals surface area contributed by atoms with Crippen molar-refractivity contribution in [2.75, 3.05) is 16.6 Å². The van der Waals surface area contributed by atoms with Crippen LogP contribution in [0.4, 0.5) is 10.8 Å². The van der Waals surface area contributed by atoms with Crippen LogP contribution in [0.2, 0.25) is 10.0 Å². The van der Waals surface area contributed by atoms with Gasteiger partial charge in [-0.2, -0.15) is 0 Å². The summed E-state index contributed by atoms with van der Waals surface area (Å²) in [4.78, 5) is 15.9. The summed E-state index contributed by atoms with van der Waals surface area (Å²) < 4.78 is 32.3. The average Bonchev–Trinajstić information content (AvgIpc) is 3.12. The number of halogens is 2. The molecule has 0 saturated carbocycles. The number of nitrogens with zero attached hydrogens (tertiary/aromatic N) is 1. The van der Waals surface area contributed by atoms with Crippen LogP contribution in [-0.2, 0) is 14.8 Å². The van der Waals surface area contributed by atoms with E-state index in [1.54, 1.807) is 11.4 Å². The minimum absolute atomic E-state index is 0.0468. The first-order chi connectivity index (χ1) is 13.3. The maximum atomic E-state index is 12.3. The number of hydrogen-bond donors (Lipinski definition) is 2. The first-order valence-electron chi connectivity index (χ1n) is 7.73. The topological polar surface area (TPSA) is 97.4 Å². The van der Waals surface area contributed by atoms with E-state index in [2.05, 4.69) is 15.0 Å². The first-order valence-corrected chi connectivity index (χ1v) is 10.8. The molecule has 1 heterocycles. The molecule has 146 valence electrons. The van der Waals surface area contributed by atoms with E-state index in [1.807, 2.05) is 0 Å². The van der Waals surface area contributed by atoms with Gasteiger partial charge in [0.05, 0.1) is 4.90 Å². The lowest BCUT2D eigenvalue weighted by Crippen LogP contribution is -2.20. The summed E-state index contributed by atoms with van der Waals surface area (Å²) in [6.07, 6.45) is 1.50. The molecule has 0 bridgehead atoms. The number of ether oxygens (including phenoxy) is 1. The molecule has 11 heteroatoms. The van der Waals surface area contributed by atoms with Crippen LogP contribution in [0.5, 0.6) is 5.75 Å². The van der Waals surface area contributed by atoms with Gasteiger partial charge in [-0.05, 0) is 42.5 Å². The maximum Gasteiger partial charge on any atom is 0.263 e. The molecule has 0 saturated heterocycles. The molecular weight excluding hydrogens is 445 g/mol. The van der Waals surface area contributed by atoms with Crippen LogP contribution in [0.15, 0.2) is 58.9 Å². The van der Waals surface area contributed by atoms with Gasteiger partial charge in [0.2, 0.25) is 0 Å². The zero-order valence-electron chi connectivity index (χ0n) is 14.1. The summed E-state index contributed by atoms with van der Waals surface area (Å²) in [5, 5.41) is 5.34. The van der Waals surface area contributed by atoms with E-state index in [1.165, 1.54) is 53.9 Å². The van der Waals surface area contributed by atoms with Gasteiger partial charge in [0, 0.05) is 27.3 Å². The van der Waals surface area contributed by atoms with E-state index >= 15 is 0 Å². The molecule has 0 aliphatic carbocycles. The van der Waals surface area contributed by atoms with Crippen LogP contribution in [0, 0.1) is 0 Å². The van der Waals surface area contributed by atoms with Crippen LogP contribution in [-0.4, -0.2) is 25.9 Å². The number of rotatable bonds is 7. The average molecular weight is 458 g/mol. The molecule has 0 unspecified atom stereocenters. The molecule has 0 aliphatic heterocycles. The Bertz CT molecular complexity index is 1050. The summed E-state index contributed by atoms with van der Waals surface area (Å²) in [5.74, 6) is -0.0602. The monoisotopic (exact) mass is 457 g/mol. The van der Waals surface area contributed by atoms with Gasteiger partial charge in [-0.25, -0.2) is 13.4 Å². The standard InChI is InChI=1S/C17H13Cl2N3O4S2/c18-11-7-12(19)9-14(8-11)26-10-16(23)21-13-1-3-15(4-2-13)28(24,25)22-17-20-5-6-27-17/h1-9H,10H2,(H,20,22)(H,21,23). The molecule has 3 aromatic rings. The first kappa shape index (κ1) is 20.4. The Hall–Kier alpha value is -2.33. The highest BCUT2D eigenvalue weighted by Crippen LogP contribution is 2.24. The number of hydrogen-bond acceptors (Lipinski definition) is 6. The van der Waals surface area contributed by atoms with E-state index in [-0.39, 0.29) is 16.6 Å². The fourth-order valence-electron chi connectivity index (χ4n) is 2.12. The second-order valence-electron chi connectivity index (χ2n) is 5.41. The maximum absolute atomic E-state index is 12.3. The molecule has 2 N–H and O–H groups in total. The molecule has 0 aliphatic rings. The number of thiazole rings is 1. The van der Waals surface area contributed by atoms with E-state index < -0.39 is 15.9 Å². The summed E-state index contributed by atoms with van der Waals surface area (Å²) in [7, 11) is -3.75. The van der Waals surface area contributed by atoms with Gasteiger partial charge >= 0.3 is 0 Å². The highest BCUT2D eigenvalue weighted by molar-refractivity contribution is 7.93. The van der Waals surface area contributed by atoms with Crippen molar-refractivity contribution in [1.82, 2.24) is 4.98 Å². The Morgan fingerprint density at radius 2 is 1.79 bits per heavy atom. The van der Waals surface area contributed by atoms with E-state index in [0.717, 1.165) is 0 Å². The number of aromatic nitrogens is 1. The van der Waals surface area contributed by atoms with Crippen molar-refractivity contribution < 1.29 is 17.9 Å². The van der Waals surface area contributed by atoms with Gasteiger partial charge in [-0.1, -0.05) is 23.2 Å². The van der Waals surface area contributed by atoms with Gasteiger partial charge in [-0.15, -0.1) is 11.3 Å². The Morgan fingerprint density at radius 3 is 2.39 bits per heavy atom. The van der Waals surface area contributed by atoms with Crippen LogP contribution in [0.3, 0.4) is 0 Å². The largest absolute Gasteiger partial charge is 0.484 e. The number of benzene rings is 2. The molecule has 28 heavy (non-hydrogen) atoms.